The zero-order valence-electron chi connectivity index (χ0n) is 9.89. The first-order valence-electron chi connectivity index (χ1n) is 5.57. The van der Waals surface area contributed by atoms with Crippen LogP contribution < -0.4 is 5.73 Å². The molecule has 92 valence electrons. The molecule has 0 radical (unpaired) electrons. The number of nitrogens with two attached hydrogens (primary N) is 1. The Balaban J connectivity index is 0.00000128. The highest BCUT2D eigenvalue weighted by Crippen LogP contribution is 2.11. The molecule has 1 aromatic rings. The SMILES string of the molecule is CCn1c(C)nnc1CN1CC[C@@H](N)C1.Cl. The van der Waals surface area contributed by atoms with Crippen LogP contribution in [0.2, 0.25) is 0 Å². The fraction of sp³-hybridized carbons (Fsp3) is 0.800. The summed E-state index contributed by atoms with van der Waals surface area (Å²) in [4.78, 5) is 2.35. The first-order valence-corrected chi connectivity index (χ1v) is 5.57. The molecule has 0 aliphatic carbocycles. The van der Waals surface area contributed by atoms with Crippen molar-refractivity contribution in [2.75, 3.05) is 13.1 Å². The molecule has 1 aromatic heterocycles. The van der Waals surface area contributed by atoms with Crippen LogP contribution in [-0.4, -0.2) is 38.8 Å². The number of aryl methyl sites for hydroxylation is 1. The molecule has 1 fully saturated rings. The summed E-state index contributed by atoms with van der Waals surface area (Å²) >= 11 is 0. The lowest BCUT2D eigenvalue weighted by Gasteiger charge is -2.14. The number of aromatic nitrogens is 3. The second-order valence-corrected chi connectivity index (χ2v) is 4.19. The van der Waals surface area contributed by atoms with Gasteiger partial charge >= 0.3 is 0 Å². The van der Waals surface area contributed by atoms with Gasteiger partial charge in [-0.1, -0.05) is 0 Å². The second-order valence-electron chi connectivity index (χ2n) is 4.19. The van der Waals surface area contributed by atoms with Gasteiger partial charge in [-0.3, -0.25) is 4.90 Å². The summed E-state index contributed by atoms with van der Waals surface area (Å²) in [6.07, 6.45) is 1.10. The van der Waals surface area contributed by atoms with Crippen LogP contribution >= 0.6 is 12.4 Å². The fourth-order valence-corrected chi connectivity index (χ4v) is 2.16. The summed E-state index contributed by atoms with van der Waals surface area (Å²) in [5.74, 6) is 2.06. The molecule has 1 aliphatic rings. The summed E-state index contributed by atoms with van der Waals surface area (Å²) in [6, 6.07) is 0.337. The molecule has 0 aromatic carbocycles. The number of likely N-dealkylation sites (tertiary alicyclic amines) is 1. The quantitative estimate of drug-likeness (QED) is 0.846. The normalized spacial score (nSPS) is 21.1. The van der Waals surface area contributed by atoms with Crippen LogP contribution in [-0.2, 0) is 13.1 Å². The molecular weight excluding hydrogens is 226 g/mol. The predicted molar refractivity (Wildman–Crippen MR) is 65.6 cm³/mol. The van der Waals surface area contributed by atoms with E-state index < -0.39 is 0 Å². The Labute approximate surface area is 102 Å². The Bertz CT molecular complexity index is 338. The highest BCUT2D eigenvalue weighted by Gasteiger charge is 2.21. The van der Waals surface area contributed by atoms with E-state index in [2.05, 4.69) is 26.6 Å². The van der Waals surface area contributed by atoms with Crippen LogP contribution in [0.25, 0.3) is 0 Å². The highest BCUT2D eigenvalue weighted by atomic mass is 35.5. The summed E-state index contributed by atoms with van der Waals surface area (Å²) in [7, 11) is 0. The van der Waals surface area contributed by atoms with Gasteiger partial charge in [-0.15, -0.1) is 22.6 Å². The molecule has 0 amide bonds. The average molecular weight is 246 g/mol. The molecular formula is C10H20ClN5. The van der Waals surface area contributed by atoms with Crippen molar-refractivity contribution in [2.24, 2.45) is 5.73 Å². The number of hydrogen-bond donors (Lipinski definition) is 1. The molecule has 1 atom stereocenters. The van der Waals surface area contributed by atoms with Crippen molar-refractivity contribution < 1.29 is 0 Å². The lowest BCUT2D eigenvalue weighted by Crippen LogP contribution is -2.27. The number of rotatable bonds is 3. The molecule has 0 saturated carbocycles. The lowest BCUT2D eigenvalue weighted by atomic mass is 10.3. The minimum absolute atomic E-state index is 0. The summed E-state index contributed by atoms with van der Waals surface area (Å²) in [5, 5.41) is 8.31. The Kier molecular flexibility index (Phi) is 4.70. The predicted octanol–water partition coefficient (Wildman–Crippen LogP) is 0.561. The summed E-state index contributed by atoms with van der Waals surface area (Å²) < 4.78 is 2.16. The smallest absolute Gasteiger partial charge is 0.147 e. The fourth-order valence-electron chi connectivity index (χ4n) is 2.16. The minimum atomic E-state index is 0. The molecule has 2 N–H and O–H groups in total. The Morgan fingerprint density at radius 2 is 2.19 bits per heavy atom. The number of halogens is 1. The van der Waals surface area contributed by atoms with Crippen molar-refractivity contribution in [1.82, 2.24) is 19.7 Å². The maximum atomic E-state index is 5.87. The largest absolute Gasteiger partial charge is 0.326 e. The van der Waals surface area contributed by atoms with E-state index in [0.717, 1.165) is 44.2 Å². The van der Waals surface area contributed by atoms with Crippen molar-refractivity contribution in [3.8, 4) is 0 Å². The third-order valence-electron chi connectivity index (χ3n) is 3.00. The zero-order valence-corrected chi connectivity index (χ0v) is 10.7. The standard InChI is InChI=1S/C10H19N5.ClH/c1-3-15-8(2)12-13-10(15)7-14-5-4-9(11)6-14;/h9H,3-7,11H2,1-2H3;1H/t9-;/m1./s1. The molecule has 6 heteroatoms. The molecule has 5 nitrogen and oxygen atoms in total. The highest BCUT2D eigenvalue weighted by molar-refractivity contribution is 5.85. The van der Waals surface area contributed by atoms with Gasteiger partial charge in [0, 0.05) is 25.7 Å². The van der Waals surface area contributed by atoms with E-state index in [1.807, 2.05) is 6.92 Å². The molecule has 0 unspecified atom stereocenters. The van der Waals surface area contributed by atoms with Gasteiger partial charge in [0.1, 0.15) is 11.6 Å². The molecule has 1 saturated heterocycles. The van der Waals surface area contributed by atoms with Gasteiger partial charge in [0.25, 0.3) is 0 Å². The van der Waals surface area contributed by atoms with Gasteiger partial charge in [0.15, 0.2) is 0 Å². The van der Waals surface area contributed by atoms with Gasteiger partial charge in [0.05, 0.1) is 6.54 Å². The minimum Gasteiger partial charge on any atom is -0.326 e. The Morgan fingerprint density at radius 1 is 1.44 bits per heavy atom. The maximum absolute atomic E-state index is 5.87. The van der Waals surface area contributed by atoms with Crippen molar-refractivity contribution in [3.63, 3.8) is 0 Å². The van der Waals surface area contributed by atoms with E-state index >= 15 is 0 Å². The van der Waals surface area contributed by atoms with E-state index in [4.69, 9.17) is 5.73 Å². The van der Waals surface area contributed by atoms with E-state index in [1.54, 1.807) is 0 Å². The van der Waals surface area contributed by atoms with Crippen LogP contribution in [0.3, 0.4) is 0 Å². The van der Waals surface area contributed by atoms with E-state index in [-0.39, 0.29) is 12.4 Å². The summed E-state index contributed by atoms with van der Waals surface area (Å²) in [6.45, 7) is 7.99. The number of hydrogen-bond acceptors (Lipinski definition) is 4. The monoisotopic (exact) mass is 245 g/mol. The van der Waals surface area contributed by atoms with E-state index in [0.29, 0.717) is 6.04 Å². The number of nitrogens with zero attached hydrogens (tertiary/aromatic N) is 4. The van der Waals surface area contributed by atoms with Gasteiger partial charge in [-0.2, -0.15) is 0 Å². The lowest BCUT2D eigenvalue weighted by molar-refractivity contribution is 0.312. The first kappa shape index (κ1) is 13.4. The Hall–Kier alpha value is -0.650. The van der Waals surface area contributed by atoms with Crippen molar-refractivity contribution in [2.45, 2.75) is 39.4 Å². The zero-order chi connectivity index (χ0) is 10.8. The molecule has 0 bridgehead atoms. The van der Waals surface area contributed by atoms with Crippen LogP contribution in [0.5, 0.6) is 0 Å². The third-order valence-corrected chi connectivity index (χ3v) is 3.00. The first-order chi connectivity index (χ1) is 7.20. The topological polar surface area (TPSA) is 60.0 Å². The van der Waals surface area contributed by atoms with Gasteiger partial charge < -0.3 is 10.3 Å². The Morgan fingerprint density at radius 3 is 2.75 bits per heavy atom. The molecule has 2 heterocycles. The second kappa shape index (κ2) is 5.61. The van der Waals surface area contributed by atoms with Gasteiger partial charge in [-0.25, -0.2) is 0 Å². The van der Waals surface area contributed by atoms with Crippen molar-refractivity contribution in [3.05, 3.63) is 11.6 Å². The molecule has 2 rings (SSSR count). The molecule has 16 heavy (non-hydrogen) atoms. The van der Waals surface area contributed by atoms with E-state index in [1.165, 1.54) is 0 Å². The van der Waals surface area contributed by atoms with Crippen molar-refractivity contribution >= 4 is 12.4 Å². The van der Waals surface area contributed by atoms with Crippen LogP contribution in [0, 0.1) is 6.92 Å². The maximum Gasteiger partial charge on any atom is 0.147 e. The van der Waals surface area contributed by atoms with Gasteiger partial charge in [0.2, 0.25) is 0 Å². The molecule has 1 aliphatic heterocycles. The van der Waals surface area contributed by atoms with Crippen LogP contribution in [0.4, 0.5) is 0 Å². The van der Waals surface area contributed by atoms with Crippen LogP contribution in [0.15, 0.2) is 0 Å². The van der Waals surface area contributed by atoms with Gasteiger partial charge in [-0.05, 0) is 20.3 Å². The average Bonchev–Trinajstić information content (AvgIpc) is 2.75. The van der Waals surface area contributed by atoms with Crippen molar-refractivity contribution in [1.29, 1.82) is 0 Å². The third kappa shape index (κ3) is 2.72. The summed E-state index contributed by atoms with van der Waals surface area (Å²) in [5.41, 5.74) is 5.87. The molecule has 0 spiro atoms. The van der Waals surface area contributed by atoms with Crippen LogP contribution in [0.1, 0.15) is 25.0 Å². The van der Waals surface area contributed by atoms with E-state index in [9.17, 15) is 0 Å².